The fourth-order valence-electron chi connectivity index (χ4n) is 8.04. The molecule has 17 heteroatoms. The number of fused-ring (bicyclic) bond motifs is 3. The topological polar surface area (TPSA) is 211 Å². The number of imidazole rings is 1. The fraction of sp³-hybridized carbons (Fsp3) is 0.538. The smallest absolute Gasteiger partial charge is 0.405 e. The number of carbonyl (C=O) groups is 4. The highest BCUT2D eigenvalue weighted by molar-refractivity contribution is 7.91. The van der Waals surface area contributed by atoms with Crippen molar-refractivity contribution < 1.29 is 42.2 Å². The number of hydrogen-bond acceptors (Lipinski definition) is 10. The molecule has 7 atom stereocenters. The highest BCUT2D eigenvalue weighted by Crippen LogP contribution is 2.48. The van der Waals surface area contributed by atoms with Gasteiger partial charge in [-0.3, -0.25) is 23.7 Å². The number of carbonyl (C=O) groups excluding carboxylic acids is 3. The second-order valence-corrected chi connectivity index (χ2v) is 18.1. The van der Waals surface area contributed by atoms with E-state index in [0.29, 0.717) is 60.3 Å². The van der Waals surface area contributed by atoms with E-state index in [1.807, 2.05) is 19.1 Å². The lowest BCUT2D eigenvalue weighted by atomic mass is 9.85. The summed E-state index contributed by atoms with van der Waals surface area (Å²) in [6, 6.07) is 4.73. The Morgan fingerprint density at radius 1 is 1.16 bits per heavy atom. The molecule has 1 saturated heterocycles. The van der Waals surface area contributed by atoms with Gasteiger partial charge in [-0.25, -0.2) is 23.2 Å². The third kappa shape index (κ3) is 7.64. The van der Waals surface area contributed by atoms with Crippen molar-refractivity contribution in [2.45, 2.75) is 101 Å². The lowest BCUT2D eigenvalue weighted by Crippen LogP contribution is -2.59. The van der Waals surface area contributed by atoms with E-state index in [2.05, 4.69) is 27.3 Å². The van der Waals surface area contributed by atoms with Gasteiger partial charge in [0.2, 0.25) is 21.8 Å². The molecule has 4 aliphatic rings. The number of carboxylic acid groups (broad SMARTS) is 1. The first-order valence-corrected chi connectivity index (χ1v) is 20.6. The minimum atomic E-state index is -4.02. The van der Waals surface area contributed by atoms with Gasteiger partial charge in [0.1, 0.15) is 47.4 Å². The van der Waals surface area contributed by atoms with Crippen LogP contribution < -0.4 is 24.8 Å². The molecule has 0 bridgehead atoms. The Labute approximate surface area is 325 Å². The van der Waals surface area contributed by atoms with Gasteiger partial charge in [-0.05, 0) is 69.4 Å². The van der Waals surface area contributed by atoms with Gasteiger partial charge >= 0.3 is 6.09 Å². The van der Waals surface area contributed by atoms with Gasteiger partial charge < -0.3 is 30.1 Å². The van der Waals surface area contributed by atoms with Crippen molar-refractivity contribution in [2.75, 3.05) is 13.7 Å². The number of ether oxygens (including phenoxy) is 2. The Hall–Kier alpha value is -5.19. The molecule has 56 heavy (non-hydrogen) atoms. The van der Waals surface area contributed by atoms with Gasteiger partial charge in [-0.1, -0.05) is 32.4 Å². The molecule has 0 spiro atoms. The maximum Gasteiger partial charge on any atom is 0.405 e. The molecule has 2 aliphatic heterocycles. The van der Waals surface area contributed by atoms with E-state index in [1.54, 1.807) is 61.6 Å². The number of rotatable bonds is 9. The van der Waals surface area contributed by atoms with Crippen LogP contribution in [0.15, 0.2) is 55.1 Å². The molecule has 2 aliphatic carbocycles. The average Bonchev–Trinajstić information content (AvgIpc) is 3.91. The predicted octanol–water partition coefficient (Wildman–Crippen LogP) is 3.69. The fourth-order valence-corrected chi connectivity index (χ4v) is 9.35. The van der Waals surface area contributed by atoms with Gasteiger partial charge in [0.05, 0.1) is 23.9 Å². The van der Waals surface area contributed by atoms with Crippen molar-refractivity contribution in [3.63, 3.8) is 0 Å². The first-order chi connectivity index (χ1) is 26.7. The number of allylic oxidation sites excluding steroid dienone is 1. The molecule has 3 aromatic rings. The zero-order chi connectivity index (χ0) is 40.0. The molecule has 0 radical (unpaired) electrons. The molecule has 16 nitrogen and oxygen atoms in total. The Morgan fingerprint density at radius 3 is 2.62 bits per heavy atom. The number of nitrogens with zero attached hydrogens (tertiary/aromatic N) is 4. The van der Waals surface area contributed by atoms with Crippen LogP contribution in [0.25, 0.3) is 16.7 Å². The molecule has 300 valence electrons. The summed E-state index contributed by atoms with van der Waals surface area (Å²) in [5, 5.41) is 15.9. The van der Waals surface area contributed by atoms with E-state index >= 15 is 0 Å². The summed E-state index contributed by atoms with van der Waals surface area (Å²) < 4.78 is 41.4. The highest BCUT2D eigenvalue weighted by Gasteiger charge is 2.63. The van der Waals surface area contributed by atoms with Crippen LogP contribution in [0.2, 0.25) is 0 Å². The number of methoxy groups -OCH3 is 1. The van der Waals surface area contributed by atoms with Crippen molar-refractivity contribution in [3.8, 4) is 17.3 Å². The van der Waals surface area contributed by atoms with Crippen molar-refractivity contribution in [3.05, 3.63) is 55.1 Å². The summed E-state index contributed by atoms with van der Waals surface area (Å²) in [5.41, 5.74) is -0.996. The number of benzene rings is 1. The normalized spacial score (nSPS) is 28.9. The molecule has 2 saturated carbocycles. The Kier molecular flexibility index (Phi) is 10.5. The van der Waals surface area contributed by atoms with Gasteiger partial charge in [-0.15, -0.1) is 0 Å². The monoisotopic (exact) mass is 791 g/mol. The van der Waals surface area contributed by atoms with E-state index in [0.717, 1.165) is 6.42 Å². The van der Waals surface area contributed by atoms with Crippen molar-refractivity contribution in [2.24, 2.45) is 17.8 Å². The van der Waals surface area contributed by atoms with Gasteiger partial charge in [0, 0.05) is 42.3 Å². The SMILES string of the molecule is CC[C@@H]1C[C@H](C)CCC=C[C@@H]2C[C@@]2(C(=O)NS(=O)(=O)C2(C)CC2)NC(=O)[C@@H]2C[C@@H](Oc3cc(-n4ccnc4)nc4cc(OC)ccc34)CN2C(=O)[C@H]1NC(=O)O. The van der Waals surface area contributed by atoms with Gasteiger partial charge in [0.15, 0.2) is 0 Å². The van der Waals surface area contributed by atoms with E-state index < -0.39 is 68.2 Å². The highest BCUT2D eigenvalue weighted by atomic mass is 32.2. The summed E-state index contributed by atoms with van der Waals surface area (Å²) in [6.07, 6.45) is 10.1. The summed E-state index contributed by atoms with van der Waals surface area (Å²) in [4.78, 5) is 65.6. The summed E-state index contributed by atoms with van der Waals surface area (Å²) in [7, 11) is -2.47. The van der Waals surface area contributed by atoms with Crippen LogP contribution in [0.3, 0.4) is 0 Å². The predicted molar refractivity (Wildman–Crippen MR) is 205 cm³/mol. The maximum atomic E-state index is 14.7. The summed E-state index contributed by atoms with van der Waals surface area (Å²) in [6.45, 7) is 5.46. The number of nitrogens with one attached hydrogen (secondary N) is 3. The minimum absolute atomic E-state index is 0.000483. The Bertz CT molecular complexity index is 2160. The van der Waals surface area contributed by atoms with Crippen molar-refractivity contribution in [1.29, 1.82) is 0 Å². The van der Waals surface area contributed by atoms with Crippen molar-refractivity contribution in [1.82, 2.24) is 34.8 Å². The first-order valence-electron chi connectivity index (χ1n) is 19.2. The Morgan fingerprint density at radius 2 is 1.95 bits per heavy atom. The molecule has 0 unspecified atom stereocenters. The van der Waals surface area contributed by atoms with Crippen LogP contribution in [-0.4, -0.2) is 98.9 Å². The Balaban J connectivity index is 1.25. The zero-order valence-electron chi connectivity index (χ0n) is 31.9. The third-order valence-corrected chi connectivity index (χ3v) is 14.1. The lowest BCUT2D eigenvalue weighted by molar-refractivity contribution is -0.142. The molecule has 3 fully saturated rings. The number of sulfonamides is 1. The number of pyridine rings is 1. The first kappa shape index (κ1) is 39.1. The van der Waals surface area contributed by atoms with Crippen LogP contribution in [0.5, 0.6) is 11.5 Å². The van der Waals surface area contributed by atoms with E-state index in [4.69, 9.17) is 14.5 Å². The molecule has 4 N–H and O–H groups in total. The molecule has 7 rings (SSSR count). The van der Waals surface area contributed by atoms with Crippen LogP contribution in [0.4, 0.5) is 4.79 Å². The number of amides is 4. The van der Waals surface area contributed by atoms with Crippen LogP contribution in [0, 0.1) is 17.8 Å². The average molecular weight is 792 g/mol. The van der Waals surface area contributed by atoms with Crippen molar-refractivity contribution >= 4 is 44.7 Å². The standard InChI is InChI=1S/C39H49N7O9S/c1-5-24-16-23(2)8-6-7-9-25-20-39(25,36(49)44-56(52,53)38(3)12-13-38)43-34(47)30-18-27(21-46(30)35(48)33(24)42-37(50)51)55-31-19-32(45-15-14-40-22-45)41-29-17-26(54-4)10-11-28(29)31/h7,9-11,14-15,17,19,22-25,27,30,33,42H,5-6,8,12-13,16,18,20-21H2,1-4H3,(H,43,47)(H,44,49)(H,50,51)/t23-,24-,25-,27-,30+,33+,39-/m1/s1. The largest absolute Gasteiger partial charge is 0.497 e. The van der Waals surface area contributed by atoms with E-state index in [9.17, 15) is 32.7 Å². The van der Waals surface area contributed by atoms with Gasteiger partial charge in [0.25, 0.3) is 5.91 Å². The molecular weight excluding hydrogens is 743 g/mol. The zero-order valence-corrected chi connectivity index (χ0v) is 32.8. The van der Waals surface area contributed by atoms with Crippen LogP contribution in [0.1, 0.15) is 72.1 Å². The quantitative estimate of drug-likeness (QED) is 0.230. The molecule has 1 aromatic carbocycles. The van der Waals surface area contributed by atoms with Crippen LogP contribution >= 0.6 is 0 Å². The minimum Gasteiger partial charge on any atom is -0.497 e. The second-order valence-electron chi connectivity index (χ2n) is 15.9. The molecule has 4 amide bonds. The summed E-state index contributed by atoms with van der Waals surface area (Å²) in [5.74, 6) is -1.30. The number of aromatic nitrogens is 3. The van der Waals surface area contributed by atoms with Crippen LogP contribution in [-0.2, 0) is 24.4 Å². The van der Waals surface area contributed by atoms with E-state index in [-0.39, 0.29) is 31.2 Å². The lowest BCUT2D eigenvalue weighted by Gasteiger charge is -2.33. The third-order valence-electron chi connectivity index (χ3n) is 11.9. The molecular formula is C39H49N7O9S. The molecule has 2 aromatic heterocycles. The second kappa shape index (κ2) is 15.0. The number of hydrogen-bond donors (Lipinski definition) is 4. The maximum absolute atomic E-state index is 14.7. The molecule has 4 heterocycles. The van der Waals surface area contributed by atoms with E-state index in [1.165, 1.54) is 4.90 Å². The summed E-state index contributed by atoms with van der Waals surface area (Å²) >= 11 is 0. The van der Waals surface area contributed by atoms with Gasteiger partial charge in [-0.2, -0.15) is 0 Å².